The summed E-state index contributed by atoms with van der Waals surface area (Å²) >= 11 is 1.54. The third-order valence-corrected chi connectivity index (χ3v) is 14.7. The number of thiazole rings is 1. The van der Waals surface area contributed by atoms with Crippen LogP contribution in [0.15, 0.2) is 64.9 Å². The van der Waals surface area contributed by atoms with E-state index in [1.165, 1.54) is 22.4 Å². The van der Waals surface area contributed by atoms with Crippen molar-refractivity contribution >= 4 is 69.9 Å². The maximum Gasteiger partial charge on any atom is 0.253 e. The normalized spacial score (nSPS) is 15.5. The van der Waals surface area contributed by atoms with E-state index in [-0.39, 0.29) is 61.1 Å². The van der Waals surface area contributed by atoms with Gasteiger partial charge in [0.05, 0.1) is 27.7 Å². The molecular formula is C59H83N11O7S. The molecule has 18 nitrogen and oxygen atoms in total. The van der Waals surface area contributed by atoms with Gasteiger partial charge < -0.3 is 52.2 Å². The fourth-order valence-electron chi connectivity index (χ4n) is 9.47. The zero-order chi connectivity index (χ0) is 57.3. The highest BCUT2D eigenvalue weighted by molar-refractivity contribution is 7.13. The summed E-state index contributed by atoms with van der Waals surface area (Å²) < 4.78 is 0. The van der Waals surface area contributed by atoms with Crippen molar-refractivity contribution in [3.63, 3.8) is 0 Å². The average molecular weight is 1090 g/mol. The number of aliphatic hydroxyl groups excluding tert-OH is 1. The Morgan fingerprint density at radius 1 is 0.987 bits per heavy atom. The maximum absolute atomic E-state index is 14.1. The molecule has 10 N–H and O–H groups in total. The Morgan fingerprint density at radius 3 is 2.29 bits per heavy atom. The summed E-state index contributed by atoms with van der Waals surface area (Å²) in [5, 5.41) is 35.9. The third-order valence-electron chi connectivity index (χ3n) is 13.7. The minimum absolute atomic E-state index is 0.0224. The number of aryl methyl sites for hydroxylation is 3. The number of pyridine rings is 1. The van der Waals surface area contributed by atoms with E-state index < -0.39 is 35.4 Å². The smallest absolute Gasteiger partial charge is 0.253 e. The number of aromatic amines is 1. The molecule has 1 fully saturated rings. The molecule has 3 atom stereocenters. The number of benzene rings is 2. The Kier molecular flexibility index (Phi) is 23.0. The summed E-state index contributed by atoms with van der Waals surface area (Å²) in [5.41, 5.74) is 13.5. The van der Waals surface area contributed by atoms with Crippen LogP contribution >= 0.6 is 11.3 Å². The molecule has 5 amide bonds. The van der Waals surface area contributed by atoms with Crippen LogP contribution in [0.25, 0.3) is 22.2 Å². The van der Waals surface area contributed by atoms with Crippen LogP contribution in [0.3, 0.4) is 0 Å². The Morgan fingerprint density at radius 2 is 1.68 bits per heavy atom. The number of nitrogens with one attached hydrogen (secondary N) is 7. The van der Waals surface area contributed by atoms with Gasteiger partial charge >= 0.3 is 0 Å². The van der Waals surface area contributed by atoms with Crippen LogP contribution in [-0.2, 0) is 32.1 Å². The number of rotatable bonds is 25. The van der Waals surface area contributed by atoms with Gasteiger partial charge in [0, 0.05) is 92.1 Å². The van der Waals surface area contributed by atoms with Gasteiger partial charge in [-0.05, 0) is 125 Å². The number of likely N-dealkylation sites (tertiary alicyclic amines) is 1. The summed E-state index contributed by atoms with van der Waals surface area (Å²) in [5.74, 6) is -1.35. The van der Waals surface area contributed by atoms with E-state index in [0.717, 1.165) is 51.0 Å². The molecule has 0 spiro atoms. The number of allylic oxidation sites excluding steroid dienone is 1. The average Bonchev–Trinajstić information content (AvgIpc) is 4.05. The summed E-state index contributed by atoms with van der Waals surface area (Å²) in [6, 6.07) is 11.2. The third kappa shape index (κ3) is 17.4. The van der Waals surface area contributed by atoms with Crippen LogP contribution in [0, 0.1) is 24.7 Å². The Labute approximate surface area is 463 Å². The number of H-pyrrole nitrogens is 1. The quantitative estimate of drug-likeness (QED) is 0.0207. The topological polar surface area (TPSA) is 268 Å². The largest absolute Gasteiger partial charge is 0.404 e. The zero-order valence-corrected chi connectivity index (χ0v) is 48.1. The number of anilines is 2. The Bertz CT molecular complexity index is 2980. The van der Waals surface area contributed by atoms with Gasteiger partial charge in [-0.25, -0.2) is 4.98 Å². The maximum atomic E-state index is 14.1. The van der Waals surface area contributed by atoms with Crippen LogP contribution in [0.2, 0.25) is 0 Å². The van der Waals surface area contributed by atoms with Crippen molar-refractivity contribution in [1.29, 1.82) is 5.41 Å². The number of nitrogens with two attached hydrogens (primary N) is 1. The standard InChI is InChI=1S/C59H83N11O7S/c1-11-17-41-28-38(6)66-56(75)47(41)33-63-55(74)45-29-42(30-48(46(45)32-60)65-36(3)4)37(5)20-25-50(61)69(12-2)27-26-62-51(72)18-15-13-14-16-19-52(73)68-54(59(8,9)10)58(77)70-34-44(71)31-49(70)57(76)67-43-23-21-40(22-24-43)53-39(7)64-35-78-53/h20-25,28-30,32,35-36,44,49,54,61,65,71H,11-19,26-27,31,33-34,60H2,1-10H3,(H,62,72)(H,63,74)(H,66,75)(H,67,76)(H,68,73)/t44?,49?,54-/m1/s1. The van der Waals surface area contributed by atoms with E-state index in [1.54, 1.807) is 29.8 Å². The lowest BCUT2D eigenvalue weighted by Gasteiger charge is -2.35. The Balaban J connectivity index is 1.07. The van der Waals surface area contributed by atoms with Crippen molar-refractivity contribution in [3.8, 4) is 10.4 Å². The molecule has 19 heteroatoms. The Hall–Kier alpha value is -7.12. The van der Waals surface area contributed by atoms with Crippen LogP contribution in [0.5, 0.6) is 0 Å². The molecule has 2 aromatic heterocycles. The van der Waals surface area contributed by atoms with Gasteiger partial charge in [-0.1, -0.05) is 65.2 Å². The van der Waals surface area contributed by atoms with Crippen molar-refractivity contribution in [2.24, 2.45) is 11.1 Å². The second-order valence-electron chi connectivity index (χ2n) is 21.5. The molecule has 5 rings (SSSR count). The fourth-order valence-corrected chi connectivity index (χ4v) is 10.3. The molecule has 0 bridgehead atoms. The van der Waals surface area contributed by atoms with Crippen molar-refractivity contribution in [3.05, 3.63) is 109 Å². The number of carbonyl (C=O) groups excluding carboxylic acids is 5. The molecule has 1 saturated heterocycles. The van der Waals surface area contributed by atoms with Crippen molar-refractivity contribution in [2.45, 2.75) is 158 Å². The van der Waals surface area contributed by atoms with E-state index in [0.29, 0.717) is 79.5 Å². The van der Waals surface area contributed by atoms with Gasteiger partial charge in [-0.3, -0.25) is 34.2 Å². The first-order chi connectivity index (χ1) is 37.0. The van der Waals surface area contributed by atoms with Gasteiger partial charge in [0.25, 0.3) is 11.5 Å². The molecule has 1 aliphatic rings. The number of unbranched alkanes of at least 4 members (excludes halogenated alkanes) is 3. The highest BCUT2D eigenvalue weighted by atomic mass is 32.1. The first-order valence-corrected chi connectivity index (χ1v) is 28.1. The first-order valence-electron chi connectivity index (χ1n) is 27.3. The second-order valence-corrected chi connectivity index (χ2v) is 22.4. The molecule has 78 heavy (non-hydrogen) atoms. The van der Waals surface area contributed by atoms with E-state index in [1.807, 2.05) is 104 Å². The lowest BCUT2D eigenvalue weighted by Crippen LogP contribution is -2.57. The lowest BCUT2D eigenvalue weighted by molar-refractivity contribution is -0.143. The highest BCUT2D eigenvalue weighted by Gasteiger charge is 2.44. The van der Waals surface area contributed by atoms with Crippen molar-refractivity contribution in [1.82, 2.24) is 35.7 Å². The number of β-amino-alcohol motifs (C(OH)–C–C–N with tert-alkyl or cyclic N) is 1. The predicted octanol–water partition coefficient (Wildman–Crippen LogP) is 6.13. The van der Waals surface area contributed by atoms with Gasteiger partial charge in [-0.2, -0.15) is 0 Å². The molecule has 0 radical (unpaired) electrons. The SMILES string of the molecule is CCCc1cc(C)[nH]c(=O)c1CNC(=O)c1cc(=C(C)C=CC(=N)N(CC)CCNC(=O)CCCCCCC(=O)N[C@H](C(=O)N2CC(O)CC2C(=O)Nc2ccc(-c3scnc3C)cc2)C(C)(C)C)cc(NC(C)C)c1=CN. The van der Waals surface area contributed by atoms with Gasteiger partial charge in [0.2, 0.25) is 23.6 Å². The number of aliphatic hydroxyl groups is 1. The van der Waals surface area contributed by atoms with E-state index in [9.17, 15) is 33.9 Å². The lowest BCUT2D eigenvalue weighted by atomic mass is 9.85. The monoisotopic (exact) mass is 1090 g/mol. The van der Waals surface area contributed by atoms with Gasteiger partial charge in [0.15, 0.2) is 0 Å². The van der Waals surface area contributed by atoms with E-state index in [4.69, 9.17) is 11.1 Å². The number of carbonyl (C=O) groups is 5. The summed E-state index contributed by atoms with van der Waals surface area (Å²) in [4.78, 5) is 91.9. The van der Waals surface area contributed by atoms with Crippen LogP contribution < -0.4 is 48.3 Å². The van der Waals surface area contributed by atoms with Gasteiger partial charge in [-0.15, -0.1) is 11.3 Å². The summed E-state index contributed by atoms with van der Waals surface area (Å²) in [6.07, 6.45) is 8.82. The summed E-state index contributed by atoms with van der Waals surface area (Å²) in [7, 11) is 0. The molecule has 4 aromatic rings. The van der Waals surface area contributed by atoms with Gasteiger partial charge in [0.1, 0.15) is 17.9 Å². The number of amidine groups is 1. The zero-order valence-electron chi connectivity index (χ0n) is 47.3. The van der Waals surface area contributed by atoms with E-state index >= 15 is 0 Å². The molecular weight excluding hydrogens is 1010 g/mol. The molecule has 422 valence electrons. The highest BCUT2D eigenvalue weighted by Crippen LogP contribution is 2.30. The van der Waals surface area contributed by atoms with Crippen molar-refractivity contribution < 1.29 is 29.1 Å². The number of nitrogens with zero attached hydrogens (tertiary/aromatic N) is 3. The number of likely N-dealkylation sites (N-methyl/N-ethyl adjacent to an activating group) is 1. The summed E-state index contributed by atoms with van der Waals surface area (Å²) in [6.45, 7) is 20.5. The molecule has 0 saturated carbocycles. The number of amides is 5. The van der Waals surface area contributed by atoms with Crippen molar-refractivity contribution in [2.75, 3.05) is 36.8 Å². The van der Waals surface area contributed by atoms with Crippen LogP contribution in [0.4, 0.5) is 11.4 Å². The molecule has 2 aromatic carbocycles. The molecule has 1 aliphatic heterocycles. The minimum Gasteiger partial charge on any atom is -0.404 e. The van der Waals surface area contributed by atoms with Crippen LogP contribution in [0.1, 0.15) is 140 Å². The van der Waals surface area contributed by atoms with Crippen LogP contribution in [-0.4, -0.2) is 111 Å². The number of hydrogen-bond acceptors (Lipinski definition) is 12. The minimum atomic E-state index is -0.929. The molecule has 0 aliphatic carbocycles. The molecule has 2 unspecified atom stereocenters. The van der Waals surface area contributed by atoms with E-state index in [2.05, 4.69) is 36.6 Å². The molecule has 3 heterocycles. The fraction of sp³-hybridized carbons (Fsp3) is 0.492. The second kappa shape index (κ2) is 29.0. The number of aromatic nitrogens is 2. The first kappa shape index (κ1) is 61.7. The number of hydrogen-bond donors (Lipinski definition) is 9. The predicted molar refractivity (Wildman–Crippen MR) is 312 cm³/mol.